The Morgan fingerprint density at radius 3 is 2.71 bits per heavy atom. The van der Waals surface area contributed by atoms with Crippen LogP contribution in [0, 0.1) is 0 Å². The number of hydrogen-bond acceptors (Lipinski definition) is 4. The van der Waals surface area contributed by atoms with Gasteiger partial charge in [0.1, 0.15) is 0 Å². The molecule has 0 radical (unpaired) electrons. The lowest BCUT2D eigenvalue weighted by atomic mass is 10.1. The van der Waals surface area contributed by atoms with Crippen LogP contribution in [0.15, 0.2) is 53.6 Å². The fourth-order valence-electron chi connectivity index (χ4n) is 3.16. The number of para-hydroxylation sites is 1. The van der Waals surface area contributed by atoms with Gasteiger partial charge in [-0.05, 0) is 50.1 Å². The molecule has 0 amide bonds. The molecule has 1 aliphatic heterocycles. The highest BCUT2D eigenvalue weighted by Gasteiger charge is 2.34. The van der Waals surface area contributed by atoms with Gasteiger partial charge in [-0.25, -0.2) is 4.79 Å². The zero-order valence-corrected chi connectivity index (χ0v) is 15.5. The van der Waals surface area contributed by atoms with Crippen molar-refractivity contribution in [2.45, 2.75) is 32.5 Å². The van der Waals surface area contributed by atoms with Crippen molar-refractivity contribution in [3.05, 3.63) is 59.7 Å². The monoisotopic (exact) mass is 391 g/mol. The molecular formula is C20H20F3N3O2. The van der Waals surface area contributed by atoms with E-state index in [2.05, 4.69) is 10.5 Å². The standard InChI is InChI=1S/C20H20F3N3O2/c1-3-28-19(27)18(26-13(2)11-14-7-4-5-10-17(14)26)25-24-16-9-6-8-15(12-16)20(21,22)23/h4-10,12-13,24H,3,11H2,1-2H3/b25-18-/t13-/m1/s1. The summed E-state index contributed by atoms with van der Waals surface area (Å²) in [7, 11) is 0. The molecule has 0 saturated carbocycles. The lowest BCUT2D eigenvalue weighted by Gasteiger charge is -2.25. The number of nitrogens with one attached hydrogen (secondary N) is 1. The second-order valence-electron chi connectivity index (χ2n) is 6.40. The predicted octanol–water partition coefficient (Wildman–Crippen LogP) is 4.45. The molecular weight excluding hydrogens is 371 g/mol. The number of ether oxygens (including phenoxy) is 1. The topological polar surface area (TPSA) is 53.9 Å². The summed E-state index contributed by atoms with van der Waals surface area (Å²) in [5, 5.41) is 4.12. The van der Waals surface area contributed by atoms with E-state index in [1.807, 2.05) is 31.2 Å². The molecule has 0 aliphatic carbocycles. The number of halogens is 3. The van der Waals surface area contributed by atoms with Gasteiger partial charge in [0.05, 0.1) is 17.9 Å². The molecule has 0 aromatic heterocycles. The molecule has 148 valence electrons. The molecule has 2 aromatic carbocycles. The first-order valence-corrected chi connectivity index (χ1v) is 8.86. The second-order valence-corrected chi connectivity index (χ2v) is 6.40. The molecule has 0 fully saturated rings. The minimum atomic E-state index is -4.46. The van der Waals surface area contributed by atoms with Crippen LogP contribution < -0.4 is 10.3 Å². The van der Waals surface area contributed by atoms with E-state index in [0.29, 0.717) is 0 Å². The van der Waals surface area contributed by atoms with Crippen LogP contribution in [0.4, 0.5) is 24.5 Å². The smallest absolute Gasteiger partial charge is 0.416 e. The quantitative estimate of drug-likeness (QED) is 0.364. The SMILES string of the molecule is CCOC(=O)/C(=N/Nc1cccc(C(F)(F)F)c1)N1c2ccccc2C[C@H]1C. The molecule has 0 saturated heterocycles. The molecule has 1 heterocycles. The van der Waals surface area contributed by atoms with Crippen LogP contribution in [0.1, 0.15) is 25.0 Å². The van der Waals surface area contributed by atoms with Gasteiger partial charge < -0.3 is 9.64 Å². The van der Waals surface area contributed by atoms with Crippen LogP contribution in [0.5, 0.6) is 0 Å². The van der Waals surface area contributed by atoms with Crippen molar-refractivity contribution in [1.82, 2.24) is 0 Å². The molecule has 3 rings (SSSR count). The van der Waals surface area contributed by atoms with Crippen molar-refractivity contribution in [3.63, 3.8) is 0 Å². The summed E-state index contributed by atoms with van der Waals surface area (Å²) in [5.41, 5.74) is 3.78. The summed E-state index contributed by atoms with van der Waals surface area (Å²) in [6.07, 6.45) is -3.74. The normalized spacial score (nSPS) is 16.7. The molecule has 0 unspecified atom stereocenters. The Kier molecular flexibility index (Phi) is 5.58. The number of hydrogen-bond donors (Lipinski definition) is 1. The number of carbonyl (C=O) groups excluding carboxylic acids is 1. The van der Waals surface area contributed by atoms with Gasteiger partial charge in [-0.1, -0.05) is 24.3 Å². The third-order valence-electron chi connectivity index (χ3n) is 4.37. The van der Waals surface area contributed by atoms with Crippen LogP contribution >= 0.6 is 0 Å². The maximum atomic E-state index is 12.9. The molecule has 5 nitrogen and oxygen atoms in total. The van der Waals surface area contributed by atoms with Gasteiger partial charge in [0.2, 0.25) is 5.84 Å². The first-order valence-electron chi connectivity index (χ1n) is 8.86. The Labute approximate surface area is 160 Å². The van der Waals surface area contributed by atoms with E-state index in [4.69, 9.17) is 4.74 Å². The Hall–Kier alpha value is -3.03. The third-order valence-corrected chi connectivity index (χ3v) is 4.37. The highest BCUT2D eigenvalue weighted by Crippen LogP contribution is 2.33. The zero-order valence-electron chi connectivity index (χ0n) is 15.5. The molecule has 0 bridgehead atoms. The molecule has 2 aromatic rings. The van der Waals surface area contributed by atoms with Gasteiger partial charge in [0.25, 0.3) is 0 Å². The predicted molar refractivity (Wildman–Crippen MR) is 101 cm³/mol. The molecule has 1 N–H and O–H groups in total. The minimum absolute atomic E-state index is 0.00304. The fourth-order valence-corrected chi connectivity index (χ4v) is 3.16. The summed E-state index contributed by atoms with van der Waals surface area (Å²) in [5.74, 6) is -0.651. The largest absolute Gasteiger partial charge is 0.460 e. The third kappa shape index (κ3) is 4.11. The van der Waals surface area contributed by atoms with Gasteiger partial charge >= 0.3 is 12.1 Å². The first kappa shape index (κ1) is 19.7. The van der Waals surface area contributed by atoms with Crippen molar-refractivity contribution >= 4 is 23.2 Å². The van der Waals surface area contributed by atoms with E-state index in [-0.39, 0.29) is 24.2 Å². The van der Waals surface area contributed by atoms with Gasteiger partial charge in [-0.3, -0.25) is 5.43 Å². The Balaban J connectivity index is 1.94. The number of amidine groups is 1. The second kappa shape index (κ2) is 7.92. The summed E-state index contributed by atoms with van der Waals surface area (Å²) in [4.78, 5) is 14.3. The average Bonchev–Trinajstić information content (AvgIpc) is 2.98. The minimum Gasteiger partial charge on any atom is -0.460 e. The maximum absolute atomic E-state index is 12.9. The van der Waals surface area contributed by atoms with Gasteiger partial charge in [0, 0.05) is 11.7 Å². The number of carbonyl (C=O) groups is 1. The fraction of sp³-hybridized carbons (Fsp3) is 0.300. The lowest BCUT2D eigenvalue weighted by Crippen LogP contribution is -2.42. The van der Waals surface area contributed by atoms with Crippen molar-refractivity contribution in [1.29, 1.82) is 0 Å². The van der Waals surface area contributed by atoms with E-state index in [1.54, 1.807) is 11.8 Å². The number of esters is 1. The van der Waals surface area contributed by atoms with Crippen LogP contribution in [0.25, 0.3) is 0 Å². The number of benzene rings is 2. The van der Waals surface area contributed by atoms with E-state index in [9.17, 15) is 18.0 Å². The maximum Gasteiger partial charge on any atom is 0.416 e. The van der Waals surface area contributed by atoms with E-state index < -0.39 is 17.7 Å². The van der Waals surface area contributed by atoms with Crippen molar-refractivity contribution in [2.75, 3.05) is 16.9 Å². The number of rotatable bonds is 3. The zero-order chi connectivity index (χ0) is 20.3. The average molecular weight is 391 g/mol. The highest BCUT2D eigenvalue weighted by molar-refractivity contribution is 6.41. The lowest BCUT2D eigenvalue weighted by molar-refractivity contribution is -0.137. The Morgan fingerprint density at radius 1 is 1.25 bits per heavy atom. The molecule has 1 atom stereocenters. The van der Waals surface area contributed by atoms with Crippen LogP contribution in [0.3, 0.4) is 0 Å². The summed E-state index contributed by atoms with van der Waals surface area (Å²) in [6.45, 7) is 3.78. The summed E-state index contributed by atoms with van der Waals surface area (Å²) >= 11 is 0. The molecule has 0 spiro atoms. The molecule has 1 aliphatic rings. The number of nitrogens with zero attached hydrogens (tertiary/aromatic N) is 2. The van der Waals surface area contributed by atoms with Crippen LogP contribution in [-0.2, 0) is 22.1 Å². The molecule has 8 heteroatoms. The van der Waals surface area contributed by atoms with Crippen LogP contribution in [-0.4, -0.2) is 24.5 Å². The van der Waals surface area contributed by atoms with Gasteiger partial charge in [0.15, 0.2) is 0 Å². The Morgan fingerprint density at radius 2 is 2.00 bits per heavy atom. The highest BCUT2D eigenvalue weighted by atomic mass is 19.4. The van der Waals surface area contributed by atoms with Gasteiger partial charge in [-0.15, -0.1) is 5.10 Å². The van der Waals surface area contributed by atoms with Crippen molar-refractivity contribution in [3.8, 4) is 0 Å². The van der Waals surface area contributed by atoms with E-state index in [1.165, 1.54) is 12.1 Å². The number of fused-ring (bicyclic) bond motifs is 1. The summed E-state index contributed by atoms with van der Waals surface area (Å²) in [6, 6.07) is 12.2. The van der Waals surface area contributed by atoms with Crippen molar-refractivity contribution < 1.29 is 22.7 Å². The van der Waals surface area contributed by atoms with E-state index in [0.717, 1.165) is 29.8 Å². The molecule has 28 heavy (non-hydrogen) atoms. The number of hydrazone groups is 1. The summed E-state index contributed by atoms with van der Waals surface area (Å²) < 4.78 is 43.8. The number of anilines is 2. The first-order chi connectivity index (χ1) is 13.3. The van der Waals surface area contributed by atoms with Crippen LogP contribution in [0.2, 0.25) is 0 Å². The van der Waals surface area contributed by atoms with Gasteiger partial charge in [-0.2, -0.15) is 13.2 Å². The van der Waals surface area contributed by atoms with Crippen molar-refractivity contribution in [2.24, 2.45) is 5.10 Å². The van der Waals surface area contributed by atoms with E-state index >= 15 is 0 Å². The Bertz CT molecular complexity index is 896. The number of alkyl halides is 3.